The summed E-state index contributed by atoms with van der Waals surface area (Å²) >= 11 is 1.83. The molecule has 0 radical (unpaired) electrons. The van der Waals surface area contributed by atoms with E-state index in [2.05, 4.69) is 24.4 Å². The molecule has 0 amide bonds. The van der Waals surface area contributed by atoms with Gasteiger partial charge in [0.1, 0.15) is 5.75 Å². The molecule has 0 aromatic heterocycles. The fraction of sp³-hybridized carbons (Fsp3) is 0.455. The lowest BCUT2D eigenvalue weighted by molar-refractivity contribution is 0.413. The molecule has 82 valence electrons. The van der Waals surface area contributed by atoms with Gasteiger partial charge in [0, 0.05) is 28.4 Å². The van der Waals surface area contributed by atoms with Gasteiger partial charge in [-0.1, -0.05) is 0 Å². The number of methoxy groups -OCH3 is 1. The van der Waals surface area contributed by atoms with Gasteiger partial charge in [0.05, 0.1) is 7.11 Å². The molecule has 3 nitrogen and oxygen atoms in total. The van der Waals surface area contributed by atoms with Crippen LogP contribution in [0.25, 0.3) is 0 Å². The predicted octanol–water partition coefficient (Wildman–Crippen LogP) is 1.93. The molecule has 1 heterocycles. The largest absolute Gasteiger partial charge is 0.497 e. The Balaban J connectivity index is 2.29. The van der Waals surface area contributed by atoms with Crippen molar-refractivity contribution in [3.8, 4) is 5.75 Å². The van der Waals surface area contributed by atoms with Crippen molar-refractivity contribution in [2.75, 3.05) is 19.0 Å². The first-order valence-corrected chi connectivity index (χ1v) is 5.94. The van der Waals surface area contributed by atoms with E-state index in [0.29, 0.717) is 17.8 Å². The summed E-state index contributed by atoms with van der Waals surface area (Å²) in [6.45, 7) is 2.85. The molecule has 0 aliphatic carbocycles. The van der Waals surface area contributed by atoms with Crippen LogP contribution in [0.5, 0.6) is 5.75 Å². The van der Waals surface area contributed by atoms with Gasteiger partial charge in [-0.15, -0.1) is 11.8 Å². The van der Waals surface area contributed by atoms with E-state index in [-0.39, 0.29) is 0 Å². The van der Waals surface area contributed by atoms with E-state index < -0.39 is 0 Å². The Morgan fingerprint density at radius 3 is 3.00 bits per heavy atom. The Bertz CT molecular complexity index is 356. The minimum Gasteiger partial charge on any atom is -0.497 e. The molecule has 0 saturated heterocycles. The molecule has 0 saturated carbocycles. The molecule has 1 aliphatic rings. The van der Waals surface area contributed by atoms with Crippen molar-refractivity contribution < 1.29 is 4.74 Å². The van der Waals surface area contributed by atoms with Gasteiger partial charge in [-0.05, 0) is 25.1 Å². The van der Waals surface area contributed by atoms with Gasteiger partial charge in [0.15, 0.2) is 0 Å². The molecule has 1 aromatic rings. The summed E-state index contributed by atoms with van der Waals surface area (Å²) in [6, 6.07) is 6.51. The van der Waals surface area contributed by atoms with Crippen LogP contribution in [-0.4, -0.2) is 24.9 Å². The number of hydrogen-bond acceptors (Lipinski definition) is 4. The van der Waals surface area contributed by atoms with Crippen LogP contribution in [0.15, 0.2) is 23.1 Å². The zero-order valence-electron chi connectivity index (χ0n) is 8.99. The maximum absolute atomic E-state index is 5.73. The fourth-order valence-corrected chi connectivity index (χ4v) is 2.83. The maximum Gasteiger partial charge on any atom is 0.120 e. The number of rotatable bonds is 2. The van der Waals surface area contributed by atoms with E-state index in [1.165, 1.54) is 10.6 Å². The van der Waals surface area contributed by atoms with Crippen LogP contribution in [0.3, 0.4) is 0 Å². The second-order valence-corrected chi connectivity index (χ2v) is 4.97. The monoisotopic (exact) mass is 224 g/mol. The van der Waals surface area contributed by atoms with Crippen LogP contribution in [0.2, 0.25) is 0 Å². The molecule has 0 fully saturated rings. The quantitative estimate of drug-likeness (QED) is 0.806. The minimum atomic E-state index is 0.417. The number of thioether (sulfide) groups is 1. The van der Waals surface area contributed by atoms with Gasteiger partial charge < -0.3 is 15.8 Å². The molecule has 4 heteroatoms. The first kappa shape index (κ1) is 10.6. The maximum atomic E-state index is 5.73. The van der Waals surface area contributed by atoms with Crippen LogP contribution in [-0.2, 0) is 0 Å². The lowest BCUT2D eigenvalue weighted by Gasteiger charge is -2.31. The van der Waals surface area contributed by atoms with Crippen LogP contribution in [0, 0.1) is 0 Å². The van der Waals surface area contributed by atoms with Crippen molar-refractivity contribution in [3.05, 3.63) is 18.2 Å². The normalized spacial score (nSPS) is 24.2. The van der Waals surface area contributed by atoms with E-state index in [0.717, 1.165) is 5.75 Å². The van der Waals surface area contributed by atoms with E-state index in [1.54, 1.807) is 7.11 Å². The lowest BCUT2D eigenvalue weighted by atomic mass is 10.2. The third-order valence-electron chi connectivity index (χ3n) is 2.64. The number of fused-ring (bicyclic) bond motifs is 1. The van der Waals surface area contributed by atoms with Crippen molar-refractivity contribution in [3.63, 3.8) is 0 Å². The SMILES string of the molecule is COc1ccc2c(c1)SC(CN)C(C)N2. The molecular weight excluding hydrogens is 208 g/mol. The predicted molar refractivity (Wildman–Crippen MR) is 64.8 cm³/mol. The summed E-state index contributed by atoms with van der Waals surface area (Å²) in [5.41, 5.74) is 6.91. The number of hydrogen-bond donors (Lipinski definition) is 2. The molecule has 2 atom stereocenters. The number of ether oxygens (including phenoxy) is 1. The Morgan fingerprint density at radius 2 is 2.33 bits per heavy atom. The van der Waals surface area contributed by atoms with E-state index in [1.807, 2.05) is 17.8 Å². The summed E-state index contributed by atoms with van der Waals surface area (Å²) in [5, 5.41) is 3.89. The van der Waals surface area contributed by atoms with E-state index >= 15 is 0 Å². The van der Waals surface area contributed by atoms with Crippen molar-refractivity contribution in [2.45, 2.75) is 23.1 Å². The number of nitrogens with one attached hydrogen (secondary N) is 1. The molecule has 1 aliphatic heterocycles. The summed E-state index contributed by atoms with van der Waals surface area (Å²) in [6.07, 6.45) is 0. The highest BCUT2D eigenvalue weighted by atomic mass is 32.2. The second-order valence-electron chi connectivity index (χ2n) is 3.69. The van der Waals surface area contributed by atoms with Gasteiger partial charge in [-0.2, -0.15) is 0 Å². The third kappa shape index (κ3) is 2.06. The van der Waals surface area contributed by atoms with Crippen LogP contribution in [0.1, 0.15) is 6.92 Å². The highest BCUT2D eigenvalue weighted by molar-refractivity contribution is 8.00. The van der Waals surface area contributed by atoms with Gasteiger partial charge in [0.25, 0.3) is 0 Å². The third-order valence-corrected chi connectivity index (χ3v) is 4.14. The zero-order valence-corrected chi connectivity index (χ0v) is 9.80. The highest BCUT2D eigenvalue weighted by Crippen LogP contribution is 2.39. The number of benzene rings is 1. The molecule has 0 bridgehead atoms. The van der Waals surface area contributed by atoms with Crippen LogP contribution in [0.4, 0.5) is 5.69 Å². The Morgan fingerprint density at radius 1 is 1.53 bits per heavy atom. The molecule has 2 rings (SSSR count). The number of nitrogens with two attached hydrogens (primary N) is 1. The molecule has 1 aromatic carbocycles. The van der Waals surface area contributed by atoms with E-state index in [4.69, 9.17) is 10.5 Å². The van der Waals surface area contributed by atoms with Gasteiger partial charge in [-0.25, -0.2) is 0 Å². The molecule has 3 N–H and O–H groups in total. The zero-order chi connectivity index (χ0) is 10.8. The first-order valence-electron chi connectivity index (χ1n) is 5.06. The Hall–Kier alpha value is -0.870. The summed E-state index contributed by atoms with van der Waals surface area (Å²) in [5.74, 6) is 0.897. The average molecular weight is 224 g/mol. The van der Waals surface area contributed by atoms with Crippen molar-refractivity contribution in [2.24, 2.45) is 5.73 Å². The van der Waals surface area contributed by atoms with Crippen molar-refractivity contribution in [1.29, 1.82) is 0 Å². The lowest BCUT2D eigenvalue weighted by Crippen LogP contribution is -2.36. The smallest absolute Gasteiger partial charge is 0.120 e. The molecule has 2 unspecified atom stereocenters. The fourth-order valence-electron chi connectivity index (χ4n) is 1.70. The van der Waals surface area contributed by atoms with Crippen molar-refractivity contribution >= 4 is 17.4 Å². The Labute approximate surface area is 94.4 Å². The van der Waals surface area contributed by atoms with E-state index in [9.17, 15) is 0 Å². The topological polar surface area (TPSA) is 47.3 Å². The van der Waals surface area contributed by atoms with Crippen LogP contribution >= 0.6 is 11.8 Å². The van der Waals surface area contributed by atoms with Crippen LogP contribution < -0.4 is 15.8 Å². The van der Waals surface area contributed by atoms with Gasteiger partial charge >= 0.3 is 0 Å². The summed E-state index contributed by atoms with van der Waals surface area (Å²) in [7, 11) is 1.69. The van der Waals surface area contributed by atoms with Gasteiger partial charge in [0.2, 0.25) is 0 Å². The van der Waals surface area contributed by atoms with Crippen molar-refractivity contribution in [1.82, 2.24) is 0 Å². The van der Waals surface area contributed by atoms with Gasteiger partial charge in [-0.3, -0.25) is 0 Å². The summed E-state index contributed by atoms with van der Waals surface area (Å²) < 4.78 is 5.20. The summed E-state index contributed by atoms with van der Waals surface area (Å²) in [4.78, 5) is 1.22. The highest BCUT2D eigenvalue weighted by Gasteiger charge is 2.24. The Kier molecular flexibility index (Phi) is 3.07. The standard InChI is InChI=1S/C11H16N2OS/c1-7-11(6-12)15-10-5-8(14-2)3-4-9(10)13-7/h3-5,7,11,13H,6,12H2,1-2H3. The second kappa shape index (κ2) is 4.33. The molecule has 0 spiro atoms. The minimum absolute atomic E-state index is 0.417. The first-order chi connectivity index (χ1) is 7.24. The average Bonchev–Trinajstić information content (AvgIpc) is 2.27. The molecule has 15 heavy (non-hydrogen) atoms. The number of anilines is 1. The molecular formula is C11H16N2OS.